The number of benzene rings is 2. The van der Waals surface area contributed by atoms with Gasteiger partial charge in [-0.2, -0.15) is 0 Å². The Morgan fingerprint density at radius 3 is 2.73 bits per heavy atom. The Bertz CT molecular complexity index is 850. The van der Waals surface area contributed by atoms with Crippen LogP contribution >= 0.6 is 0 Å². The molecular weight excluding hydrogens is 333 g/mol. The molecule has 5 heteroatoms. The summed E-state index contributed by atoms with van der Waals surface area (Å²) in [6, 6.07) is 15.0. The van der Waals surface area contributed by atoms with Gasteiger partial charge in [-0.1, -0.05) is 42.5 Å². The van der Waals surface area contributed by atoms with Gasteiger partial charge in [0.05, 0.1) is 24.8 Å². The second kappa shape index (κ2) is 7.02. The van der Waals surface area contributed by atoms with Crippen molar-refractivity contribution < 1.29 is 19.0 Å². The van der Waals surface area contributed by atoms with E-state index in [4.69, 9.17) is 9.84 Å². The van der Waals surface area contributed by atoms with Crippen LogP contribution in [0.2, 0.25) is 0 Å². The van der Waals surface area contributed by atoms with Crippen LogP contribution in [-0.2, 0) is 11.3 Å². The van der Waals surface area contributed by atoms with E-state index in [9.17, 15) is 9.18 Å². The van der Waals surface area contributed by atoms with Crippen LogP contribution in [0.5, 0.6) is 0 Å². The van der Waals surface area contributed by atoms with E-state index in [0.29, 0.717) is 13.2 Å². The Morgan fingerprint density at radius 1 is 1.19 bits per heavy atom. The first-order valence-corrected chi connectivity index (χ1v) is 8.73. The highest BCUT2D eigenvalue weighted by Gasteiger charge is 2.35. The summed E-state index contributed by atoms with van der Waals surface area (Å²) in [5.41, 5.74) is 2.82. The third-order valence-electron chi connectivity index (χ3n) is 5.12. The summed E-state index contributed by atoms with van der Waals surface area (Å²) in [5.74, 6) is -1.94. The van der Waals surface area contributed by atoms with Gasteiger partial charge in [-0.25, -0.2) is 9.18 Å². The maximum Gasteiger partial charge on any atom is 0.338 e. The van der Waals surface area contributed by atoms with E-state index >= 15 is 0 Å². The van der Waals surface area contributed by atoms with Crippen molar-refractivity contribution in [3.63, 3.8) is 0 Å². The van der Waals surface area contributed by atoms with Gasteiger partial charge < -0.3 is 9.84 Å². The van der Waals surface area contributed by atoms with E-state index in [-0.39, 0.29) is 17.6 Å². The molecule has 0 amide bonds. The maximum atomic E-state index is 13.7. The number of hydrogen-bond acceptors (Lipinski definition) is 3. The summed E-state index contributed by atoms with van der Waals surface area (Å²) >= 11 is 0. The Hall–Kier alpha value is -2.50. The zero-order chi connectivity index (χ0) is 18.1. The normalized spacial score (nSPS) is 22.7. The molecule has 4 rings (SSSR count). The molecule has 26 heavy (non-hydrogen) atoms. The molecule has 1 fully saturated rings. The molecule has 2 unspecified atom stereocenters. The summed E-state index contributed by atoms with van der Waals surface area (Å²) in [6.07, 6.45) is 2.89. The monoisotopic (exact) mass is 353 g/mol. The minimum Gasteiger partial charge on any atom is -0.478 e. The van der Waals surface area contributed by atoms with Crippen molar-refractivity contribution in [1.82, 2.24) is 4.90 Å². The Kier molecular flexibility index (Phi) is 4.57. The molecule has 2 aliphatic rings. The van der Waals surface area contributed by atoms with Gasteiger partial charge in [0.1, 0.15) is 5.82 Å². The molecule has 0 spiro atoms. The Morgan fingerprint density at radius 2 is 2.00 bits per heavy atom. The summed E-state index contributed by atoms with van der Waals surface area (Å²) in [5, 5.41) is 9.17. The first-order valence-electron chi connectivity index (χ1n) is 8.73. The fourth-order valence-corrected chi connectivity index (χ4v) is 3.80. The Labute approximate surface area is 151 Å². The first kappa shape index (κ1) is 16.9. The van der Waals surface area contributed by atoms with Crippen molar-refractivity contribution in [3.05, 3.63) is 77.1 Å². The highest BCUT2D eigenvalue weighted by Crippen LogP contribution is 2.34. The third-order valence-corrected chi connectivity index (χ3v) is 5.12. The van der Waals surface area contributed by atoms with Gasteiger partial charge in [0.2, 0.25) is 0 Å². The van der Waals surface area contributed by atoms with Crippen LogP contribution in [0.4, 0.5) is 4.39 Å². The quantitative estimate of drug-likeness (QED) is 0.913. The molecule has 2 aliphatic heterocycles. The molecule has 2 aromatic rings. The lowest BCUT2D eigenvalue weighted by Crippen LogP contribution is -2.53. The minimum absolute atomic E-state index is 0.135. The standard InChI is InChI=1S/C21H20FNO3/c22-20-7-6-15(10-19(20)21(24)25)16-8-17-12-26-13-18(9-16)23(17)11-14-4-2-1-3-5-14/h1-8,10,17-18H,9,11-13H2,(H,24,25). The van der Waals surface area contributed by atoms with Crippen molar-refractivity contribution in [2.45, 2.75) is 25.0 Å². The molecule has 4 nitrogen and oxygen atoms in total. The molecule has 134 valence electrons. The van der Waals surface area contributed by atoms with E-state index in [1.165, 1.54) is 17.7 Å². The molecular formula is C21H20FNO3. The number of fused-ring (bicyclic) bond motifs is 2. The van der Waals surface area contributed by atoms with Gasteiger partial charge in [0.15, 0.2) is 0 Å². The van der Waals surface area contributed by atoms with Crippen molar-refractivity contribution in [3.8, 4) is 0 Å². The molecule has 0 aromatic heterocycles. The van der Waals surface area contributed by atoms with Crippen molar-refractivity contribution in [2.75, 3.05) is 13.2 Å². The maximum absolute atomic E-state index is 13.7. The van der Waals surface area contributed by atoms with E-state index in [2.05, 4.69) is 23.1 Å². The van der Waals surface area contributed by atoms with Crippen LogP contribution in [0.15, 0.2) is 54.6 Å². The van der Waals surface area contributed by atoms with Crippen LogP contribution in [-0.4, -0.2) is 41.3 Å². The van der Waals surface area contributed by atoms with Crippen molar-refractivity contribution >= 4 is 11.5 Å². The number of halogens is 1. The number of morpholine rings is 1. The zero-order valence-corrected chi connectivity index (χ0v) is 14.3. The molecule has 2 heterocycles. The van der Waals surface area contributed by atoms with Gasteiger partial charge >= 0.3 is 5.97 Å². The van der Waals surface area contributed by atoms with Gasteiger partial charge in [0, 0.05) is 12.6 Å². The summed E-state index contributed by atoms with van der Waals surface area (Å²) < 4.78 is 19.4. The number of rotatable bonds is 4. The average molecular weight is 353 g/mol. The molecule has 1 saturated heterocycles. The topological polar surface area (TPSA) is 49.8 Å². The molecule has 1 N–H and O–H groups in total. The third kappa shape index (κ3) is 3.28. The van der Waals surface area contributed by atoms with E-state index < -0.39 is 11.8 Å². The number of hydrogen-bond donors (Lipinski definition) is 1. The van der Waals surface area contributed by atoms with Crippen LogP contribution in [0, 0.1) is 5.82 Å². The first-order chi connectivity index (χ1) is 12.6. The van der Waals surface area contributed by atoms with Crippen molar-refractivity contribution in [2.24, 2.45) is 0 Å². The number of carboxylic acid groups (broad SMARTS) is 1. The van der Waals surface area contributed by atoms with Gasteiger partial charge in [-0.05, 0) is 35.3 Å². The minimum atomic E-state index is -1.24. The predicted molar refractivity (Wildman–Crippen MR) is 96.3 cm³/mol. The van der Waals surface area contributed by atoms with Crippen LogP contribution < -0.4 is 0 Å². The number of nitrogens with zero attached hydrogens (tertiary/aromatic N) is 1. The molecule has 2 bridgehead atoms. The van der Waals surface area contributed by atoms with Gasteiger partial charge in [-0.3, -0.25) is 4.90 Å². The lowest BCUT2D eigenvalue weighted by atomic mass is 9.88. The lowest BCUT2D eigenvalue weighted by molar-refractivity contribution is -0.0402. The highest BCUT2D eigenvalue weighted by atomic mass is 19.1. The predicted octanol–water partition coefficient (Wildman–Crippen LogP) is 3.58. The van der Waals surface area contributed by atoms with Crippen LogP contribution in [0.25, 0.3) is 5.57 Å². The molecule has 0 aliphatic carbocycles. The van der Waals surface area contributed by atoms with E-state index in [1.54, 1.807) is 6.07 Å². The zero-order valence-electron chi connectivity index (χ0n) is 14.3. The number of aromatic carboxylic acids is 1. The number of carboxylic acids is 1. The van der Waals surface area contributed by atoms with Gasteiger partial charge in [-0.15, -0.1) is 0 Å². The van der Waals surface area contributed by atoms with Crippen LogP contribution in [0.3, 0.4) is 0 Å². The summed E-state index contributed by atoms with van der Waals surface area (Å²) in [7, 11) is 0. The van der Waals surface area contributed by atoms with Crippen LogP contribution in [0.1, 0.15) is 27.9 Å². The van der Waals surface area contributed by atoms with Gasteiger partial charge in [0.25, 0.3) is 0 Å². The summed E-state index contributed by atoms with van der Waals surface area (Å²) in [6.45, 7) is 2.11. The fraction of sp³-hybridized carbons (Fsp3) is 0.286. The number of ether oxygens (including phenoxy) is 1. The highest BCUT2D eigenvalue weighted by molar-refractivity contribution is 5.89. The fourth-order valence-electron chi connectivity index (χ4n) is 3.80. The largest absolute Gasteiger partial charge is 0.478 e. The van der Waals surface area contributed by atoms with Crippen molar-refractivity contribution in [1.29, 1.82) is 0 Å². The Balaban J connectivity index is 1.62. The molecule has 0 radical (unpaired) electrons. The van der Waals surface area contributed by atoms with E-state index in [1.807, 2.05) is 18.2 Å². The molecule has 2 atom stereocenters. The second-order valence-electron chi connectivity index (χ2n) is 6.81. The number of carbonyl (C=O) groups is 1. The average Bonchev–Trinajstić information content (AvgIpc) is 2.62. The second-order valence-corrected chi connectivity index (χ2v) is 6.81. The smallest absolute Gasteiger partial charge is 0.338 e. The molecule has 2 aromatic carbocycles. The SMILES string of the molecule is O=C(O)c1cc(C2=CC3COCC(C2)N3Cc2ccccc2)ccc1F. The summed E-state index contributed by atoms with van der Waals surface area (Å²) in [4.78, 5) is 13.7. The lowest BCUT2D eigenvalue weighted by Gasteiger charge is -2.45. The van der Waals surface area contributed by atoms with E-state index in [0.717, 1.165) is 24.1 Å². The molecule has 0 saturated carbocycles.